The highest BCUT2D eigenvalue weighted by Crippen LogP contribution is 2.20. The van der Waals surface area contributed by atoms with Crippen LogP contribution in [-0.2, 0) is 13.5 Å². The Bertz CT molecular complexity index is 469. The second kappa shape index (κ2) is 4.05. The first-order valence-corrected chi connectivity index (χ1v) is 5.63. The quantitative estimate of drug-likeness (QED) is 0.747. The van der Waals surface area contributed by atoms with Crippen LogP contribution in [0, 0.1) is 6.92 Å². The molecule has 0 amide bonds. The van der Waals surface area contributed by atoms with Gasteiger partial charge in [0.2, 0.25) is 0 Å². The van der Waals surface area contributed by atoms with Gasteiger partial charge in [0, 0.05) is 18.6 Å². The van der Waals surface area contributed by atoms with Gasteiger partial charge in [-0.1, -0.05) is 19.4 Å². The molecule has 0 aliphatic heterocycles. The number of benzene rings is 1. The van der Waals surface area contributed by atoms with Gasteiger partial charge in [-0.15, -0.1) is 0 Å². The number of hydrogen-bond donors (Lipinski definition) is 0. The number of fused-ring (bicyclic) bond motifs is 1. The molecule has 0 aliphatic carbocycles. The zero-order chi connectivity index (χ0) is 10.8. The number of unbranched alkanes of at least 4 members (excludes halogenated alkanes) is 1. The molecule has 0 spiro atoms. The van der Waals surface area contributed by atoms with Crippen molar-refractivity contribution in [2.24, 2.45) is 7.05 Å². The zero-order valence-electron chi connectivity index (χ0n) is 9.75. The van der Waals surface area contributed by atoms with E-state index in [0.717, 1.165) is 5.52 Å². The lowest BCUT2D eigenvalue weighted by Gasteiger charge is -2.02. The number of hydrogen-bond acceptors (Lipinski definition) is 1. The van der Waals surface area contributed by atoms with E-state index in [1.165, 1.54) is 35.8 Å². The van der Waals surface area contributed by atoms with Crippen molar-refractivity contribution < 1.29 is 0 Å². The normalized spacial score (nSPS) is 11.1. The predicted molar refractivity (Wildman–Crippen MR) is 64.1 cm³/mol. The van der Waals surface area contributed by atoms with E-state index >= 15 is 0 Å². The second-order valence-electron chi connectivity index (χ2n) is 4.26. The summed E-state index contributed by atoms with van der Waals surface area (Å²) in [6, 6.07) is 4.54. The van der Waals surface area contributed by atoms with Gasteiger partial charge in [-0.3, -0.25) is 4.68 Å². The molecular weight excluding hydrogens is 184 g/mol. The highest BCUT2D eigenvalue weighted by Gasteiger charge is 2.04. The Balaban J connectivity index is 2.42. The maximum atomic E-state index is 4.45. The molecule has 2 nitrogen and oxygen atoms in total. The summed E-state index contributed by atoms with van der Waals surface area (Å²) in [7, 11) is 1.98. The molecule has 2 heteroatoms. The van der Waals surface area contributed by atoms with E-state index in [0.29, 0.717) is 0 Å². The molecule has 0 bridgehead atoms. The minimum Gasteiger partial charge on any atom is -0.275 e. The largest absolute Gasteiger partial charge is 0.275 e. The molecule has 0 saturated heterocycles. The van der Waals surface area contributed by atoms with Crippen LogP contribution >= 0.6 is 0 Å². The van der Waals surface area contributed by atoms with Crippen LogP contribution in [0.3, 0.4) is 0 Å². The van der Waals surface area contributed by atoms with Crippen molar-refractivity contribution in [1.29, 1.82) is 0 Å². The Hall–Kier alpha value is -1.31. The SMILES string of the molecule is CCCCc1cc(C)c2nn(C)cc2c1. The number of aromatic nitrogens is 2. The summed E-state index contributed by atoms with van der Waals surface area (Å²) < 4.78 is 1.89. The fourth-order valence-corrected chi connectivity index (χ4v) is 2.03. The van der Waals surface area contributed by atoms with Gasteiger partial charge in [-0.25, -0.2) is 0 Å². The minimum absolute atomic E-state index is 1.14. The molecular formula is C13H18N2. The van der Waals surface area contributed by atoms with E-state index in [-0.39, 0.29) is 0 Å². The third-order valence-corrected chi connectivity index (χ3v) is 2.79. The van der Waals surface area contributed by atoms with E-state index < -0.39 is 0 Å². The van der Waals surface area contributed by atoms with Gasteiger partial charge in [0.15, 0.2) is 0 Å². The number of aryl methyl sites for hydroxylation is 3. The molecule has 2 aromatic rings. The van der Waals surface area contributed by atoms with Crippen molar-refractivity contribution in [2.45, 2.75) is 33.1 Å². The van der Waals surface area contributed by atoms with Crippen LogP contribution in [0.15, 0.2) is 18.3 Å². The molecule has 1 aromatic carbocycles. The van der Waals surface area contributed by atoms with Gasteiger partial charge >= 0.3 is 0 Å². The smallest absolute Gasteiger partial charge is 0.0952 e. The van der Waals surface area contributed by atoms with Gasteiger partial charge in [0.25, 0.3) is 0 Å². The third kappa shape index (κ3) is 2.04. The summed E-state index contributed by atoms with van der Waals surface area (Å²) in [4.78, 5) is 0. The monoisotopic (exact) mass is 202 g/mol. The maximum absolute atomic E-state index is 4.45. The first kappa shape index (κ1) is 10.2. The topological polar surface area (TPSA) is 17.8 Å². The van der Waals surface area contributed by atoms with Crippen LogP contribution in [0.25, 0.3) is 10.9 Å². The number of rotatable bonds is 3. The molecule has 0 saturated carbocycles. The Kier molecular flexibility index (Phi) is 2.76. The summed E-state index contributed by atoms with van der Waals surface area (Å²) >= 11 is 0. The lowest BCUT2D eigenvalue weighted by molar-refractivity contribution is 0.779. The molecule has 0 atom stereocenters. The van der Waals surface area contributed by atoms with E-state index in [2.05, 4.69) is 37.3 Å². The summed E-state index contributed by atoms with van der Waals surface area (Å²) in [5, 5.41) is 5.72. The highest BCUT2D eigenvalue weighted by atomic mass is 15.2. The highest BCUT2D eigenvalue weighted by molar-refractivity contribution is 5.82. The molecule has 2 rings (SSSR count). The third-order valence-electron chi connectivity index (χ3n) is 2.79. The Morgan fingerprint density at radius 3 is 2.87 bits per heavy atom. The average molecular weight is 202 g/mol. The van der Waals surface area contributed by atoms with E-state index in [1.54, 1.807) is 0 Å². The van der Waals surface area contributed by atoms with Crippen molar-refractivity contribution in [3.8, 4) is 0 Å². The summed E-state index contributed by atoms with van der Waals surface area (Å²) in [6.07, 6.45) is 5.80. The van der Waals surface area contributed by atoms with Gasteiger partial charge in [-0.2, -0.15) is 5.10 Å². The second-order valence-corrected chi connectivity index (χ2v) is 4.26. The van der Waals surface area contributed by atoms with Gasteiger partial charge < -0.3 is 0 Å². The van der Waals surface area contributed by atoms with Crippen molar-refractivity contribution in [1.82, 2.24) is 9.78 Å². The summed E-state index contributed by atoms with van der Waals surface area (Å²) in [5.41, 5.74) is 3.87. The zero-order valence-corrected chi connectivity index (χ0v) is 9.75. The molecule has 0 unspecified atom stereocenters. The van der Waals surface area contributed by atoms with Gasteiger partial charge in [0.1, 0.15) is 0 Å². The van der Waals surface area contributed by atoms with E-state index in [9.17, 15) is 0 Å². The fraction of sp³-hybridized carbons (Fsp3) is 0.462. The van der Waals surface area contributed by atoms with E-state index in [1.807, 2.05) is 11.7 Å². The lowest BCUT2D eigenvalue weighted by Crippen LogP contribution is -1.88. The fourth-order valence-electron chi connectivity index (χ4n) is 2.03. The Morgan fingerprint density at radius 2 is 2.13 bits per heavy atom. The van der Waals surface area contributed by atoms with Crippen LogP contribution in [0.4, 0.5) is 0 Å². The Labute approximate surface area is 90.9 Å². The van der Waals surface area contributed by atoms with Crippen LogP contribution < -0.4 is 0 Å². The summed E-state index contributed by atoms with van der Waals surface area (Å²) in [5.74, 6) is 0. The molecule has 0 radical (unpaired) electrons. The Morgan fingerprint density at radius 1 is 1.33 bits per heavy atom. The molecule has 1 heterocycles. The predicted octanol–water partition coefficient (Wildman–Crippen LogP) is 3.22. The standard InChI is InChI=1S/C13H18N2/c1-4-5-6-11-7-10(2)13-12(8-11)9-15(3)14-13/h7-9H,4-6H2,1-3H3. The van der Waals surface area contributed by atoms with Crippen molar-refractivity contribution in [3.63, 3.8) is 0 Å². The number of nitrogens with zero attached hydrogens (tertiary/aromatic N) is 2. The van der Waals surface area contributed by atoms with Gasteiger partial charge in [0.05, 0.1) is 5.52 Å². The first-order valence-electron chi connectivity index (χ1n) is 5.63. The van der Waals surface area contributed by atoms with Crippen LogP contribution in [0.5, 0.6) is 0 Å². The van der Waals surface area contributed by atoms with E-state index in [4.69, 9.17) is 0 Å². The molecule has 1 aromatic heterocycles. The minimum atomic E-state index is 1.14. The average Bonchev–Trinajstić information content (AvgIpc) is 2.56. The first-order chi connectivity index (χ1) is 7.20. The van der Waals surface area contributed by atoms with Crippen LogP contribution in [-0.4, -0.2) is 9.78 Å². The molecule has 80 valence electrons. The van der Waals surface area contributed by atoms with Gasteiger partial charge in [-0.05, 0) is 37.0 Å². The molecule has 0 aliphatic rings. The maximum Gasteiger partial charge on any atom is 0.0952 e. The van der Waals surface area contributed by atoms with Crippen molar-refractivity contribution in [2.75, 3.05) is 0 Å². The molecule has 0 fully saturated rings. The van der Waals surface area contributed by atoms with Crippen LogP contribution in [0.2, 0.25) is 0 Å². The van der Waals surface area contributed by atoms with Crippen molar-refractivity contribution in [3.05, 3.63) is 29.5 Å². The van der Waals surface area contributed by atoms with Crippen LogP contribution in [0.1, 0.15) is 30.9 Å². The lowest BCUT2D eigenvalue weighted by atomic mass is 10.0. The van der Waals surface area contributed by atoms with Crippen molar-refractivity contribution >= 4 is 10.9 Å². The summed E-state index contributed by atoms with van der Waals surface area (Å²) in [6.45, 7) is 4.38. The molecule has 15 heavy (non-hydrogen) atoms. The molecule has 0 N–H and O–H groups in total.